The molecule has 3 fully saturated rings. The fourth-order valence-corrected chi connectivity index (χ4v) is 5.65. The van der Waals surface area contributed by atoms with E-state index in [9.17, 15) is 32.3 Å². The first-order valence-corrected chi connectivity index (χ1v) is 12.5. The van der Waals surface area contributed by atoms with Gasteiger partial charge in [-0.3, -0.25) is 19.7 Å². The van der Waals surface area contributed by atoms with Gasteiger partial charge in [-0.05, 0) is 70.4 Å². The third kappa shape index (κ3) is 4.83. The van der Waals surface area contributed by atoms with Crippen LogP contribution in [0.2, 0.25) is 0 Å². The number of aromatic nitrogens is 3. The minimum absolute atomic E-state index is 0.0588. The Morgan fingerprint density at radius 2 is 1.86 bits per heavy atom. The van der Waals surface area contributed by atoms with Crippen LogP contribution in [-0.2, 0) is 4.79 Å². The van der Waals surface area contributed by atoms with Gasteiger partial charge in [-0.25, -0.2) is 4.39 Å². The van der Waals surface area contributed by atoms with Crippen LogP contribution >= 0.6 is 0 Å². The molecule has 1 atom stereocenters. The SMILES string of the molecule is Cc1cc(-c2cc(C(=O)N3CC[C@H](C(=O)N[C@H]4CC[C@@](O)(C(F)(F)F)CC4)CC34CC4)n[nH]2)c(F)cn1. The maximum Gasteiger partial charge on any atom is 0.417 e. The third-order valence-electron chi connectivity index (χ3n) is 8.11. The second kappa shape index (κ2) is 9.07. The minimum Gasteiger partial charge on any atom is -0.380 e. The van der Waals surface area contributed by atoms with E-state index < -0.39 is 42.0 Å². The lowest BCUT2D eigenvalue weighted by Crippen LogP contribution is -2.54. The Bertz CT molecular complexity index is 1200. The fraction of sp³-hybridized carbons (Fsp3) is 0.600. The molecule has 2 amide bonds. The van der Waals surface area contributed by atoms with Gasteiger partial charge < -0.3 is 15.3 Å². The van der Waals surface area contributed by atoms with Crippen molar-refractivity contribution >= 4 is 11.8 Å². The van der Waals surface area contributed by atoms with Gasteiger partial charge in [-0.15, -0.1) is 0 Å². The summed E-state index contributed by atoms with van der Waals surface area (Å²) in [5, 5.41) is 19.6. The van der Waals surface area contributed by atoms with Crippen molar-refractivity contribution in [1.82, 2.24) is 25.4 Å². The van der Waals surface area contributed by atoms with Crippen LogP contribution in [-0.4, -0.2) is 66.9 Å². The van der Waals surface area contributed by atoms with Crippen LogP contribution in [0, 0.1) is 18.7 Å². The van der Waals surface area contributed by atoms with Gasteiger partial charge in [0.15, 0.2) is 17.1 Å². The van der Waals surface area contributed by atoms with Crippen LogP contribution in [0.15, 0.2) is 18.3 Å². The lowest BCUT2D eigenvalue weighted by Gasteiger charge is -2.41. The van der Waals surface area contributed by atoms with E-state index in [0.717, 1.165) is 19.0 Å². The Labute approximate surface area is 210 Å². The number of piperidine rings is 1. The molecule has 3 aliphatic rings. The lowest BCUT2D eigenvalue weighted by atomic mass is 9.81. The van der Waals surface area contributed by atoms with E-state index >= 15 is 0 Å². The minimum atomic E-state index is -4.68. The van der Waals surface area contributed by atoms with E-state index in [1.54, 1.807) is 17.9 Å². The maximum absolute atomic E-state index is 14.2. The van der Waals surface area contributed by atoms with Crippen molar-refractivity contribution in [3.05, 3.63) is 35.5 Å². The largest absolute Gasteiger partial charge is 0.417 e. The molecule has 1 saturated heterocycles. The van der Waals surface area contributed by atoms with Crippen molar-refractivity contribution in [2.75, 3.05) is 6.54 Å². The highest BCUT2D eigenvalue weighted by atomic mass is 19.4. The number of likely N-dealkylation sites (tertiary alicyclic amines) is 1. The molecule has 5 rings (SSSR count). The monoisotopic (exact) mass is 523 g/mol. The number of aryl methyl sites for hydroxylation is 1. The molecular formula is C25H29F4N5O3. The number of halogens is 4. The molecule has 1 spiro atoms. The van der Waals surface area contributed by atoms with Gasteiger partial charge in [-0.1, -0.05) is 0 Å². The molecular weight excluding hydrogens is 494 g/mol. The van der Waals surface area contributed by atoms with Crippen molar-refractivity contribution in [1.29, 1.82) is 0 Å². The summed E-state index contributed by atoms with van der Waals surface area (Å²) >= 11 is 0. The third-order valence-corrected chi connectivity index (χ3v) is 8.11. The van der Waals surface area contributed by atoms with Gasteiger partial charge in [0.25, 0.3) is 5.91 Å². The summed E-state index contributed by atoms with van der Waals surface area (Å²) in [7, 11) is 0. The van der Waals surface area contributed by atoms with Crippen molar-refractivity contribution in [2.24, 2.45) is 5.92 Å². The van der Waals surface area contributed by atoms with E-state index in [4.69, 9.17) is 0 Å². The second-order valence-electron chi connectivity index (χ2n) is 10.7. The molecule has 12 heteroatoms. The van der Waals surface area contributed by atoms with Crippen molar-refractivity contribution in [3.63, 3.8) is 0 Å². The predicted octanol–water partition coefficient (Wildman–Crippen LogP) is 3.66. The molecule has 2 aromatic rings. The number of hydrogen-bond acceptors (Lipinski definition) is 5. The molecule has 0 aromatic carbocycles. The number of carbonyl (C=O) groups is 2. The molecule has 0 radical (unpaired) electrons. The molecule has 37 heavy (non-hydrogen) atoms. The lowest BCUT2D eigenvalue weighted by molar-refractivity contribution is -0.270. The van der Waals surface area contributed by atoms with Crippen molar-refractivity contribution in [3.8, 4) is 11.3 Å². The average molecular weight is 524 g/mol. The zero-order valence-corrected chi connectivity index (χ0v) is 20.4. The number of pyridine rings is 1. The topological polar surface area (TPSA) is 111 Å². The molecule has 0 bridgehead atoms. The predicted molar refractivity (Wildman–Crippen MR) is 124 cm³/mol. The number of alkyl halides is 3. The number of hydrogen-bond donors (Lipinski definition) is 3. The summed E-state index contributed by atoms with van der Waals surface area (Å²) in [6.07, 6.45) is -1.92. The van der Waals surface area contributed by atoms with Gasteiger partial charge in [0.2, 0.25) is 5.91 Å². The number of carbonyl (C=O) groups excluding carboxylic acids is 2. The molecule has 0 unspecified atom stereocenters. The molecule has 8 nitrogen and oxygen atoms in total. The van der Waals surface area contributed by atoms with E-state index in [0.29, 0.717) is 30.8 Å². The normalized spacial score (nSPS) is 27.2. The molecule has 2 aliphatic carbocycles. The van der Waals surface area contributed by atoms with Gasteiger partial charge in [-0.2, -0.15) is 18.3 Å². The highest BCUT2D eigenvalue weighted by molar-refractivity contribution is 5.94. The van der Waals surface area contributed by atoms with Gasteiger partial charge in [0, 0.05) is 35.3 Å². The number of nitrogens with zero attached hydrogens (tertiary/aromatic N) is 3. The quantitative estimate of drug-likeness (QED) is 0.530. The van der Waals surface area contributed by atoms with Crippen LogP contribution in [0.25, 0.3) is 11.3 Å². The Kier molecular flexibility index (Phi) is 6.28. The molecule has 2 aromatic heterocycles. The summed E-state index contributed by atoms with van der Waals surface area (Å²) < 4.78 is 53.4. The standard InChI is InChI=1S/C25H29F4N5O3/c1-14-10-17(18(26)13-30-14)19-11-20(33-32-19)22(36)34-9-4-15(12-23(34)7-8-23)21(35)31-16-2-5-24(37,6-3-16)25(27,28)29/h10-11,13,15-16,37H,2-9,12H2,1H3,(H,31,35)(H,32,33)/t15-,16-,24-/m0/s1. The zero-order chi connectivity index (χ0) is 26.6. The number of H-pyrrole nitrogens is 1. The second-order valence-corrected chi connectivity index (χ2v) is 10.7. The van der Waals surface area contributed by atoms with E-state index in [2.05, 4.69) is 20.5 Å². The summed E-state index contributed by atoms with van der Waals surface area (Å²) in [4.78, 5) is 31.9. The Hall–Kier alpha value is -3.02. The smallest absolute Gasteiger partial charge is 0.380 e. The maximum atomic E-state index is 14.2. The van der Waals surface area contributed by atoms with Crippen LogP contribution in [0.1, 0.15) is 67.5 Å². The van der Waals surface area contributed by atoms with E-state index in [1.165, 1.54) is 6.07 Å². The molecule has 2 saturated carbocycles. The summed E-state index contributed by atoms with van der Waals surface area (Å²) in [5.74, 6) is -1.38. The van der Waals surface area contributed by atoms with E-state index in [-0.39, 0.29) is 41.8 Å². The number of aliphatic hydroxyl groups is 1. The Morgan fingerprint density at radius 1 is 1.16 bits per heavy atom. The molecule has 3 N–H and O–H groups in total. The fourth-order valence-electron chi connectivity index (χ4n) is 5.65. The molecule has 200 valence electrons. The van der Waals surface area contributed by atoms with Crippen LogP contribution in [0.4, 0.5) is 17.6 Å². The first-order chi connectivity index (χ1) is 17.4. The highest BCUT2D eigenvalue weighted by Crippen LogP contribution is 2.50. The number of aromatic amines is 1. The summed E-state index contributed by atoms with van der Waals surface area (Å²) in [5.41, 5.74) is -1.70. The van der Waals surface area contributed by atoms with E-state index in [1.807, 2.05) is 0 Å². The highest BCUT2D eigenvalue weighted by Gasteiger charge is 2.56. The first-order valence-electron chi connectivity index (χ1n) is 12.5. The zero-order valence-electron chi connectivity index (χ0n) is 20.4. The first kappa shape index (κ1) is 25.6. The average Bonchev–Trinajstić information content (AvgIpc) is 3.42. The number of amides is 2. The Morgan fingerprint density at radius 3 is 2.51 bits per heavy atom. The van der Waals surface area contributed by atoms with Crippen molar-refractivity contribution in [2.45, 2.75) is 81.6 Å². The molecule has 3 heterocycles. The van der Waals surface area contributed by atoms with Crippen LogP contribution < -0.4 is 5.32 Å². The molecule has 1 aliphatic heterocycles. The van der Waals surface area contributed by atoms with Gasteiger partial charge >= 0.3 is 6.18 Å². The van der Waals surface area contributed by atoms with Crippen LogP contribution in [0.5, 0.6) is 0 Å². The van der Waals surface area contributed by atoms with Gasteiger partial charge in [0.05, 0.1) is 11.9 Å². The van der Waals surface area contributed by atoms with Gasteiger partial charge in [0.1, 0.15) is 0 Å². The van der Waals surface area contributed by atoms with Crippen LogP contribution in [0.3, 0.4) is 0 Å². The summed E-state index contributed by atoms with van der Waals surface area (Å²) in [6, 6.07) is 2.67. The summed E-state index contributed by atoms with van der Waals surface area (Å²) in [6.45, 7) is 2.08. The Balaban J connectivity index is 1.20. The van der Waals surface area contributed by atoms with Crippen molar-refractivity contribution < 1.29 is 32.3 Å². The number of nitrogens with one attached hydrogen (secondary N) is 2. The number of rotatable bonds is 4.